The summed E-state index contributed by atoms with van der Waals surface area (Å²) >= 11 is 5.55. The highest BCUT2D eigenvalue weighted by molar-refractivity contribution is 7.90. The van der Waals surface area contributed by atoms with Crippen LogP contribution in [0.5, 0.6) is 0 Å². The smallest absolute Gasteiger partial charge is 0.210 e. The summed E-state index contributed by atoms with van der Waals surface area (Å²) in [6.45, 7) is 0. The van der Waals surface area contributed by atoms with Crippen LogP contribution in [0.25, 0.3) is 0 Å². The molecule has 4 nitrogen and oxygen atoms in total. The Labute approximate surface area is 79.9 Å². The SMILES string of the molecule is O=C=NS(=O)(=O)c1cccc(Cl)c1. The van der Waals surface area contributed by atoms with Crippen molar-refractivity contribution in [1.82, 2.24) is 0 Å². The fourth-order valence-corrected chi connectivity index (χ4v) is 1.71. The lowest BCUT2D eigenvalue weighted by atomic mass is 10.4. The summed E-state index contributed by atoms with van der Waals surface area (Å²) in [6.07, 6.45) is 0.970. The predicted molar refractivity (Wildman–Crippen MR) is 46.8 cm³/mol. The number of sulfonamides is 1. The van der Waals surface area contributed by atoms with Gasteiger partial charge in [0.1, 0.15) is 0 Å². The second-order valence-electron chi connectivity index (χ2n) is 2.12. The van der Waals surface area contributed by atoms with Gasteiger partial charge in [0.25, 0.3) is 16.1 Å². The van der Waals surface area contributed by atoms with Gasteiger partial charge < -0.3 is 0 Å². The largest absolute Gasteiger partial charge is 0.292 e. The second-order valence-corrected chi connectivity index (χ2v) is 4.16. The molecule has 0 spiro atoms. The molecule has 1 aromatic rings. The van der Waals surface area contributed by atoms with Crippen molar-refractivity contribution in [3.8, 4) is 0 Å². The molecule has 0 bridgehead atoms. The number of benzene rings is 1. The lowest BCUT2D eigenvalue weighted by Crippen LogP contribution is -1.95. The normalized spacial score (nSPS) is 10.5. The summed E-state index contributed by atoms with van der Waals surface area (Å²) in [5.41, 5.74) is 0. The van der Waals surface area contributed by atoms with E-state index in [-0.39, 0.29) is 9.92 Å². The Morgan fingerprint density at radius 3 is 2.62 bits per heavy atom. The highest BCUT2D eigenvalue weighted by atomic mass is 35.5. The number of halogens is 1. The van der Waals surface area contributed by atoms with Gasteiger partial charge in [0.2, 0.25) is 0 Å². The van der Waals surface area contributed by atoms with Crippen molar-refractivity contribution in [3.63, 3.8) is 0 Å². The first-order valence-corrected chi connectivity index (χ1v) is 4.98. The first-order valence-electron chi connectivity index (χ1n) is 3.16. The van der Waals surface area contributed by atoms with E-state index in [1.54, 1.807) is 0 Å². The van der Waals surface area contributed by atoms with Crippen LogP contribution in [0.3, 0.4) is 0 Å². The summed E-state index contributed by atoms with van der Waals surface area (Å²) in [4.78, 5) is 9.65. The molecule has 0 heterocycles. The van der Waals surface area contributed by atoms with Crippen molar-refractivity contribution in [2.24, 2.45) is 4.40 Å². The van der Waals surface area contributed by atoms with E-state index in [1.807, 2.05) is 0 Å². The molecule has 1 rings (SSSR count). The van der Waals surface area contributed by atoms with Crippen LogP contribution in [0, 0.1) is 0 Å². The molecule has 0 saturated carbocycles. The van der Waals surface area contributed by atoms with Crippen molar-refractivity contribution in [2.75, 3.05) is 0 Å². The molecular weight excluding hydrogens is 214 g/mol. The molecule has 0 amide bonds. The minimum Gasteiger partial charge on any atom is -0.210 e. The molecule has 0 aromatic heterocycles. The second kappa shape index (κ2) is 3.70. The molecule has 0 aliphatic heterocycles. The van der Waals surface area contributed by atoms with E-state index in [0.717, 1.165) is 6.08 Å². The summed E-state index contributed by atoms with van der Waals surface area (Å²) < 4.78 is 24.9. The third-order valence-electron chi connectivity index (χ3n) is 1.25. The van der Waals surface area contributed by atoms with Gasteiger partial charge >= 0.3 is 0 Å². The van der Waals surface area contributed by atoms with Gasteiger partial charge in [0.15, 0.2) is 0 Å². The molecule has 0 atom stereocenters. The van der Waals surface area contributed by atoms with Crippen LogP contribution in [0.4, 0.5) is 0 Å². The number of isocyanates is 1. The van der Waals surface area contributed by atoms with Gasteiger partial charge in [-0.3, -0.25) is 0 Å². The maximum Gasteiger partial charge on any atom is 0.292 e. The summed E-state index contributed by atoms with van der Waals surface area (Å²) in [5, 5.41) is 0.266. The van der Waals surface area contributed by atoms with E-state index >= 15 is 0 Å². The standard InChI is InChI=1S/C7H4ClNO3S/c8-6-2-1-3-7(4-6)13(11,12)9-5-10/h1-4H. The zero-order valence-corrected chi connectivity index (χ0v) is 7.84. The van der Waals surface area contributed by atoms with Crippen molar-refractivity contribution in [1.29, 1.82) is 0 Å². The van der Waals surface area contributed by atoms with E-state index in [4.69, 9.17) is 11.6 Å². The van der Waals surface area contributed by atoms with Crippen LogP contribution < -0.4 is 0 Å². The van der Waals surface area contributed by atoms with Gasteiger partial charge in [0.05, 0.1) is 4.90 Å². The molecule has 0 aliphatic rings. The van der Waals surface area contributed by atoms with E-state index in [0.29, 0.717) is 0 Å². The molecule has 68 valence electrons. The third-order valence-corrected chi connectivity index (χ3v) is 2.65. The molecule has 0 saturated heterocycles. The maximum atomic E-state index is 11.1. The van der Waals surface area contributed by atoms with Gasteiger partial charge in [-0.25, -0.2) is 4.79 Å². The van der Waals surface area contributed by atoms with Gasteiger partial charge in [-0.15, -0.1) is 0 Å². The first kappa shape index (κ1) is 9.92. The molecule has 0 unspecified atom stereocenters. The van der Waals surface area contributed by atoms with Gasteiger partial charge in [0, 0.05) is 5.02 Å². The average molecular weight is 218 g/mol. The van der Waals surface area contributed by atoms with Crippen molar-refractivity contribution < 1.29 is 13.2 Å². The Morgan fingerprint density at radius 1 is 1.38 bits per heavy atom. The Balaban J connectivity index is 3.31. The number of hydrogen-bond acceptors (Lipinski definition) is 3. The van der Waals surface area contributed by atoms with E-state index in [2.05, 4.69) is 4.40 Å². The third kappa shape index (κ3) is 2.39. The number of rotatable bonds is 2. The number of nitrogens with zero attached hydrogens (tertiary/aromatic N) is 1. The van der Waals surface area contributed by atoms with Crippen LogP contribution in [-0.4, -0.2) is 14.5 Å². The van der Waals surface area contributed by atoms with Crippen LogP contribution in [0.15, 0.2) is 33.6 Å². The highest BCUT2D eigenvalue weighted by Crippen LogP contribution is 2.16. The molecule has 6 heteroatoms. The topological polar surface area (TPSA) is 63.6 Å². The molecule has 0 aliphatic carbocycles. The lowest BCUT2D eigenvalue weighted by molar-refractivity contribution is 0.563. The van der Waals surface area contributed by atoms with Crippen molar-refractivity contribution >= 4 is 27.7 Å². The lowest BCUT2D eigenvalue weighted by Gasteiger charge is -1.95. The zero-order chi connectivity index (χ0) is 9.90. The van der Waals surface area contributed by atoms with Crippen LogP contribution in [-0.2, 0) is 14.8 Å². The molecule has 1 aromatic carbocycles. The van der Waals surface area contributed by atoms with Crippen molar-refractivity contribution in [2.45, 2.75) is 4.90 Å². The minimum atomic E-state index is -3.92. The van der Waals surface area contributed by atoms with Gasteiger partial charge in [-0.05, 0) is 18.2 Å². The minimum absolute atomic E-state index is 0.122. The summed E-state index contributed by atoms with van der Waals surface area (Å²) in [6, 6.07) is 5.47. The van der Waals surface area contributed by atoms with E-state index in [1.165, 1.54) is 24.3 Å². The molecule has 0 N–H and O–H groups in total. The monoisotopic (exact) mass is 217 g/mol. The molecule has 13 heavy (non-hydrogen) atoms. The van der Waals surface area contributed by atoms with Crippen LogP contribution >= 0.6 is 11.6 Å². The molecule has 0 radical (unpaired) electrons. The zero-order valence-electron chi connectivity index (χ0n) is 6.27. The molecule has 0 fully saturated rings. The maximum absolute atomic E-state index is 11.1. The summed E-state index contributed by atoms with van der Waals surface area (Å²) in [7, 11) is -3.92. The predicted octanol–water partition coefficient (Wildman–Crippen LogP) is 1.36. The summed E-state index contributed by atoms with van der Waals surface area (Å²) in [5.74, 6) is 0. The van der Waals surface area contributed by atoms with Crippen LogP contribution in [0.1, 0.15) is 0 Å². The Hall–Kier alpha value is -1.16. The number of hydrogen-bond donors (Lipinski definition) is 0. The fourth-order valence-electron chi connectivity index (χ4n) is 0.729. The van der Waals surface area contributed by atoms with Crippen molar-refractivity contribution in [3.05, 3.63) is 29.3 Å². The van der Waals surface area contributed by atoms with Crippen LogP contribution in [0.2, 0.25) is 5.02 Å². The van der Waals surface area contributed by atoms with Gasteiger partial charge in [-0.2, -0.15) is 8.42 Å². The number of carbonyl (C=O) groups excluding carboxylic acids is 1. The fraction of sp³-hybridized carbons (Fsp3) is 0. The Bertz CT molecular complexity index is 462. The quantitative estimate of drug-likeness (QED) is 0.555. The average Bonchev–Trinajstić information content (AvgIpc) is 2.04. The van der Waals surface area contributed by atoms with Gasteiger partial charge in [-0.1, -0.05) is 22.1 Å². The van der Waals surface area contributed by atoms with E-state index in [9.17, 15) is 13.2 Å². The highest BCUT2D eigenvalue weighted by Gasteiger charge is 2.11. The Kier molecular flexibility index (Phi) is 2.83. The Morgan fingerprint density at radius 2 is 2.08 bits per heavy atom. The molecular formula is C7H4ClNO3S. The van der Waals surface area contributed by atoms with E-state index < -0.39 is 10.0 Å². The first-order chi connectivity index (χ1) is 6.06.